The molecule has 2 aromatic carbocycles. The molecule has 0 aliphatic heterocycles. The van der Waals surface area contributed by atoms with Crippen LogP contribution < -0.4 is 10.6 Å². The van der Waals surface area contributed by atoms with Gasteiger partial charge in [-0.2, -0.15) is 0 Å². The van der Waals surface area contributed by atoms with Gasteiger partial charge in [0, 0.05) is 56.5 Å². The average Bonchev–Trinajstić information content (AvgIpc) is 3.79. The minimum Gasteiger partial charge on any atom is -0.444 e. The number of ether oxygens (including phenoxy) is 2. The first-order valence-electron chi connectivity index (χ1n) is 14.9. The lowest BCUT2D eigenvalue weighted by molar-refractivity contribution is 0.126. The van der Waals surface area contributed by atoms with Crippen molar-refractivity contribution >= 4 is 34.9 Å². The van der Waals surface area contributed by atoms with Gasteiger partial charge in [0.05, 0.1) is 20.8 Å². The lowest BCUT2D eigenvalue weighted by Crippen LogP contribution is -2.50. The molecule has 5 rings (SSSR count). The van der Waals surface area contributed by atoms with Crippen LogP contribution in [-0.4, -0.2) is 57.2 Å². The number of benzene rings is 2. The molecule has 3 heterocycles. The van der Waals surface area contributed by atoms with Crippen LogP contribution >= 0.6 is 22.7 Å². The Kier molecular flexibility index (Phi) is 12.6. The largest absolute Gasteiger partial charge is 0.444 e. The third-order valence-electron chi connectivity index (χ3n) is 7.06. The molecule has 2 atom stereocenters. The normalized spacial score (nSPS) is 12.3. The Bertz CT molecular complexity index is 1480. The number of nitrogens with zero attached hydrogens (tertiary/aromatic N) is 4. The molecular weight excluding hydrogens is 621 g/mol. The van der Waals surface area contributed by atoms with Crippen molar-refractivity contribution in [3.8, 4) is 0 Å². The molecule has 10 nitrogen and oxygen atoms in total. The van der Waals surface area contributed by atoms with Gasteiger partial charge in [-0.1, -0.05) is 60.7 Å². The molecule has 2 N–H and O–H groups in total. The maximum atomic E-state index is 13.0. The Balaban J connectivity index is 1.33. The number of amides is 2. The SMILES string of the molecule is O=C(N[C@H](Cc1ccccc1)CN(Cc1ccncc1)C[C@@H](Cc1ccccc1)NC(=O)OCc1cncs1)OCc1cncs1. The van der Waals surface area contributed by atoms with Gasteiger partial charge >= 0.3 is 12.2 Å². The lowest BCUT2D eigenvalue weighted by Gasteiger charge is -2.31. The number of aromatic nitrogens is 3. The monoisotopic (exact) mass is 656 g/mol. The van der Waals surface area contributed by atoms with Crippen LogP contribution in [-0.2, 0) is 42.1 Å². The fraction of sp³-hybridized carbons (Fsp3) is 0.265. The van der Waals surface area contributed by atoms with Crippen LogP contribution in [0.25, 0.3) is 0 Å². The number of alkyl carbamates (subject to hydrolysis) is 2. The average molecular weight is 657 g/mol. The maximum Gasteiger partial charge on any atom is 0.407 e. The zero-order chi connectivity index (χ0) is 31.8. The summed E-state index contributed by atoms with van der Waals surface area (Å²) in [4.78, 5) is 42.3. The van der Waals surface area contributed by atoms with E-state index in [4.69, 9.17) is 9.47 Å². The summed E-state index contributed by atoms with van der Waals surface area (Å²) >= 11 is 2.87. The van der Waals surface area contributed by atoms with Gasteiger partial charge in [-0.25, -0.2) is 9.59 Å². The van der Waals surface area contributed by atoms with Gasteiger partial charge in [0.25, 0.3) is 0 Å². The van der Waals surface area contributed by atoms with Crippen molar-refractivity contribution in [3.05, 3.63) is 135 Å². The molecular formula is C34H36N6O4S2. The molecule has 0 bridgehead atoms. The highest BCUT2D eigenvalue weighted by atomic mass is 32.1. The molecule has 238 valence electrons. The van der Waals surface area contributed by atoms with E-state index in [1.54, 1.807) is 35.8 Å². The van der Waals surface area contributed by atoms with E-state index in [1.165, 1.54) is 22.7 Å². The standard InChI is InChI=1S/C34H36N6O4S2/c41-33(43-22-31-17-36-24-45-31)38-29(15-26-7-3-1-4-8-26)20-40(19-28-11-13-35-14-12-28)21-30(16-27-9-5-2-6-10-27)39-34(42)44-23-32-18-37-25-46-32/h1-14,17-18,24-25,29-30H,15-16,19-23H2,(H,38,41)(H,39,42)/t29-,30-/m1/s1. The van der Waals surface area contributed by atoms with Gasteiger partial charge in [0.2, 0.25) is 0 Å². The number of pyridine rings is 1. The first-order valence-corrected chi connectivity index (χ1v) is 16.7. The predicted octanol–water partition coefficient (Wildman–Crippen LogP) is 5.87. The number of carbonyl (C=O) groups excluding carboxylic acids is 2. The second kappa shape index (κ2) is 17.7. The van der Waals surface area contributed by atoms with Crippen LogP contribution in [0.15, 0.2) is 109 Å². The quantitative estimate of drug-likeness (QED) is 0.135. The first kappa shape index (κ1) is 32.7. The Labute approximate surface area is 276 Å². The minimum atomic E-state index is -0.496. The molecule has 12 heteroatoms. The van der Waals surface area contributed by atoms with Crippen molar-refractivity contribution in [1.82, 2.24) is 30.5 Å². The third-order valence-corrected chi connectivity index (χ3v) is 8.57. The number of rotatable bonds is 16. The first-order chi connectivity index (χ1) is 22.6. The summed E-state index contributed by atoms with van der Waals surface area (Å²) in [6.07, 6.45) is 7.11. The van der Waals surface area contributed by atoms with Gasteiger partial charge in [-0.3, -0.25) is 19.9 Å². The van der Waals surface area contributed by atoms with E-state index in [9.17, 15) is 9.59 Å². The third kappa shape index (κ3) is 11.4. The highest BCUT2D eigenvalue weighted by Gasteiger charge is 2.23. The molecule has 0 saturated heterocycles. The lowest BCUT2D eigenvalue weighted by atomic mass is 10.0. The molecule has 0 unspecified atom stereocenters. The van der Waals surface area contributed by atoms with Crippen molar-refractivity contribution in [1.29, 1.82) is 0 Å². The van der Waals surface area contributed by atoms with Crippen LogP contribution in [0.2, 0.25) is 0 Å². The van der Waals surface area contributed by atoms with Crippen molar-refractivity contribution in [3.63, 3.8) is 0 Å². The maximum absolute atomic E-state index is 13.0. The minimum absolute atomic E-state index is 0.155. The van der Waals surface area contributed by atoms with E-state index in [-0.39, 0.29) is 25.3 Å². The highest BCUT2D eigenvalue weighted by molar-refractivity contribution is 7.09. The van der Waals surface area contributed by atoms with E-state index in [2.05, 4.69) is 30.5 Å². The van der Waals surface area contributed by atoms with E-state index < -0.39 is 12.2 Å². The number of hydrogen-bond acceptors (Lipinski definition) is 10. The zero-order valence-corrected chi connectivity index (χ0v) is 26.9. The molecule has 0 fully saturated rings. The fourth-order valence-corrected chi connectivity index (χ4v) is 6.02. The smallest absolute Gasteiger partial charge is 0.407 e. The molecule has 0 aliphatic rings. The number of carbonyl (C=O) groups is 2. The fourth-order valence-electron chi connectivity index (χ4n) is 5.01. The van der Waals surface area contributed by atoms with Gasteiger partial charge in [0.1, 0.15) is 13.2 Å². The molecule has 3 aromatic heterocycles. The van der Waals surface area contributed by atoms with Crippen molar-refractivity contribution in [2.45, 2.75) is 44.7 Å². The van der Waals surface area contributed by atoms with E-state index in [0.717, 1.165) is 26.4 Å². The van der Waals surface area contributed by atoms with Gasteiger partial charge in [-0.15, -0.1) is 22.7 Å². The molecule has 2 amide bonds. The Morgan fingerprint density at radius 3 is 1.57 bits per heavy atom. The number of hydrogen-bond donors (Lipinski definition) is 2. The summed E-state index contributed by atoms with van der Waals surface area (Å²) in [7, 11) is 0. The zero-order valence-electron chi connectivity index (χ0n) is 25.2. The molecule has 0 saturated carbocycles. The van der Waals surface area contributed by atoms with Crippen LogP contribution in [0.4, 0.5) is 9.59 Å². The van der Waals surface area contributed by atoms with Crippen LogP contribution in [0.5, 0.6) is 0 Å². The van der Waals surface area contributed by atoms with Crippen LogP contribution in [0.1, 0.15) is 26.4 Å². The number of nitrogens with one attached hydrogen (secondary N) is 2. The second-order valence-corrected chi connectivity index (χ2v) is 12.6. The highest BCUT2D eigenvalue weighted by Crippen LogP contribution is 2.14. The van der Waals surface area contributed by atoms with E-state index in [0.29, 0.717) is 32.5 Å². The summed E-state index contributed by atoms with van der Waals surface area (Å²) < 4.78 is 11.1. The Hall–Kier alpha value is -4.65. The van der Waals surface area contributed by atoms with E-state index in [1.807, 2.05) is 72.8 Å². The van der Waals surface area contributed by atoms with Crippen molar-refractivity contribution in [2.75, 3.05) is 13.1 Å². The van der Waals surface area contributed by atoms with Crippen LogP contribution in [0, 0.1) is 0 Å². The molecule has 5 aromatic rings. The summed E-state index contributed by atoms with van der Waals surface area (Å²) in [5, 5.41) is 6.19. The second-order valence-electron chi connectivity index (χ2n) is 10.7. The van der Waals surface area contributed by atoms with Crippen molar-refractivity contribution < 1.29 is 19.1 Å². The van der Waals surface area contributed by atoms with Crippen molar-refractivity contribution in [2.24, 2.45) is 0 Å². The molecule has 46 heavy (non-hydrogen) atoms. The summed E-state index contributed by atoms with van der Waals surface area (Å²) in [6, 6.07) is 23.4. The predicted molar refractivity (Wildman–Crippen MR) is 178 cm³/mol. The molecule has 0 spiro atoms. The van der Waals surface area contributed by atoms with Gasteiger partial charge in [-0.05, 0) is 41.7 Å². The molecule has 0 radical (unpaired) electrons. The van der Waals surface area contributed by atoms with Crippen LogP contribution in [0.3, 0.4) is 0 Å². The summed E-state index contributed by atoms with van der Waals surface area (Å²) in [5.41, 5.74) is 6.66. The van der Waals surface area contributed by atoms with Gasteiger partial charge < -0.3 is 20.1 Å². The summed E-state index contributed by atoms with van der Waals surface area (Å²) in [5.74, 6) is 0. The Morgan fingerprint density at radius 1 is 0.652 bits per heavy atom. The molecule has 0 aliphatic carbocycles. The summed E-state index contributed by atoms with van der Waals surface area (Å²) in [6.45, 7) is 1.88. The Morgan fingerprint density at radius 2 is 1.13 bits per heavy atom. The van der Waals surface area contributed by atoms with E-state index >= 15 is 0 Å². The van der Waals surface area contributed by atoms with Gasteiger partial charge in [0.15, 0.2) is 0 Å². The number of thiazole rings is 2. The topological polar surface area (TPSA) is 119 Å².